The number of benzene rings is 2. The Kier molecular flexibility index (Phi) is 5.98. The van der Waals surface area contributed by atoms with Crippen LogP contribution in [0.4, 0.5) is 0 Å². The number of carbonyl (C=O) groups excluding carboxylic acids is 1. The van der Waals surface area contributed by atoms with Crippen molar-refractivity contribution in [2.75, 3.05) is 21.3 Å². The molecule has 174 valence electrons. The number of ketones is 1. The van der Waals surface area contributed by atoms with Gasteiger partial charge in [0.15, 0.2) is 22.9 Å². The fraction of sp³-hybridized carbons (Fsp3) is 0.269. The van der Waals surface area contributed by atoms with E-state index in [4.69, 9.17) is 30.9 Å². The van der Waals surface area contributed by atoms with Crippen LogP contribution in [0, 0.1) is 0 Å². The molecule has 0 fully saturated rings. The normalized spacial score (nSPS) is 15.4. The average molecular weight is 478 g/mol. The van der Waals surface area contributed by atoms with Gasteiger partial charge in [0.05, 0.1) is 43.3 Å². The number of Topliss-reactive ketones (excluding diaryl/α,β-unsaturated/α-hetero) is 1. The van der Waals surface area contributed by atoms with Crippen molar-refractivity contribution in [3.63, 3.8) is 0 Å². The highest BCUT2D eigenvalue weighted by Crippen LogP contribution is 2.38. The quantitative estimate of drug-likeness (QED) is 0.383. The molecule has 34 heavy (non-hydrogen) atoms. The van der Waals surface area contributed by atoms with E-state index < -0.39 is 0 Å². The lowest BCUT2D eigenvalue weighted by atomic mass is 9.82. The van der Waals surface area contributed by atoms with Gasteiger partial charge in [0.1, 0.15) is 0 Å². The lowest BCUT2D eigenvalue weighted by Crippen LogP contribution is -2.22. The molecule has 7 nitrogen and oxygen atoms in total. The van der Waals surface area contributed by atoms with E-state index in [1.54, 1.807) is 32.0 Å². The predicted molar refractivity (Wildman–Crippen MR) is 129 cm³/mol. The van der Waals surface area contributed by atoms with Gasteiger partial charge < -0.3 is 14.2 Å². The van der Waals surface area contributed by atoms with E-state index in [1.807, 2.05) is 42.5 Å². The van der Waals surface area contributed by atoms with Gasteiger partial charge in [0, 0.05) is 24.8 Å². The summed E-state index contributed by atoms with van der Waals surface area (Å²) in [6.07, 6.45) is 2.70. The number of hydrogen-bond donors (Lipinski definition) is 0. The molecule has 0 N–H and O–H groups in total. The van der Waals surface area contributed by atoms with Crippen molar-refractivity contribution in [3.05, 3.63) is 76.2 Å². The lowest BCUT2D eigenvalue weighted by molar-refractivity contribution is 0.0962. The number of hydrogen-bond acceptors (Lipinski definition) is 6. The first-order valence-electron chi connectivity index (χ1n) is 10.9. The predicted octanol–water partition coefficient (Wildman–Crippen LogP) is 5.13. The molecule has 5 rings (SSSR count). The summed E-state index contributed by atoms with van der Waals surface area (Å²) in [4.78, 5) is 17.8. The molecule has 1 atom stereocenters. The van der Waals surface area contributed by atoms with Crippen molar-refractivity contribution < 1.29 is 19.0 Å². The van der Waals surface area contributed by atoms with Gasteiger partial charge in [-0.3, -0.25) is 4.79 Å². The number of carbonyl (C=O) groups is 1. The second-order valence-electron chi connectivity index (χ2n) is 8.26. The van der Waals surface area contributed by atoms with Gasteiger partial charge in [-0.05, 0) is 47.7 Å². The van der Waals surface area contributed by atoms with Gasteiger partial charge in [0.2, 0.25) is 0 Å². The third-order valence-corrected chi connectivity index (χ3v) is 6.50. The highest BCUT2D eigenvalue weighted by atomic mass is 35.5. The molecule has 0 radical (unpaired) electrons. The van der Waals surface area contributed by atoms with Crippen LogP contribution in [-0.4, -0.2) is 41.7 Å². The highest BCUT2D eigenvalue weighted by molar-refractivity contribution is 6.30. The van der Waals surface area contributed by atoms with Crippen LogP contribution in [-0.2, 0) is 17.8 Å². The molecule has 0 aliphatic heterocycles. The average Bonchev–Trinajstić information content (AvgIpc) is 3.22. The Balaban J connectivity index is 1.64. The maximum atomic E-state index is 13.1. The van der Waals surface area contributed by atoms with Crippen molar-refractivity contribution in [3.8, 4) is 22.6 Å². The van der Waals surface area contributed by atoms with E-state index in [2.05, 4.69) is 4.98 Å². The van der Waals surface area contributed by atoms with E-state index >= 15 is 0 Å². The van der Waals surface area contributed by atoms with Crippen molar-refractivity contribution in [2.45, 2.75) is 25.4 Å². The summed E-state index contributed by atoms with van der Waals surface area (Å²) in [7, 11) is 4.84. The minimum Gasteiger partial charge on any atom is -0.493 e. The van der Waals surface area contributed by atoms with Crippen LogP contribution < -0.4 is 9.47 Å². The van der Waals surface area contributed by atoms with Crippen LogP contribution in [0.5, 0.6) is 11.5 Å². The van der Waals surface area contributed by atoms with Crippen LogP contribution in [0.1, 0.15) is 39.6 Å². The van der Waals surface area contributed by atoms with Gasteiger partial charge in [-0.2, -0.15) is 5.10 Å². The smallest absolute Gasteiger partial charge is 0.166 e. The van der Waals surface area contributed by atoms with Crippen molar-refractivity contribution in [1.29, 1.82) is 0 Å². The maximum Gasteiger partial charge on any atom is 0.166 e. The minimum atomic E-state index is -0.0184. The first-order valence-corrected chi connectivity index (χ1v) is 11.3. The van der Waals surface area contributed by atoms with Crippen LogP contribution in [0.2, 0.25) is 5.02 Å². The number of aromatic nitrogens is 3. The van der Waals surface area contributed by atoms with Crippen LogP contribution in [0.15, 0.2) is 48.7 Å². The van der Waals surface area contributed by atoms with Gasteiger partial charge in [-0.15, -0.1) is 0 Å². The summed E-state index contributed by atoms with van der Waals surface area (Å²) in [5.41, 5.74) is 5.63. The summed E-state index contributed by atoms with van der Waals surface area (Å²) < 4.78 is 18.1. The zero-order chi connectivity index (χ0) is 23.8. The zero-order valence-electron chi connectivity index (χ0n) is 19.2. The maximum absolute atomic E-state index is 13.1. The molecule has 0 saturated carbocycles. The fourth-order valence-electron chi connectivity index (χ4n) is 4.66. The third kappa shape index (κ3) is 3.81. The third-order valence-electron chi connectivity index (χ3n) is 6.26. The van der Waals surface area contributed by atoms with Crippen LogP contribution in [0.25, 0.3) is 16.8 Å². The summed E-state index contributed by atoms with van der Waals surface area (Å²) in [5, 5.41) is 5.46. The molecule has 8 heteroatoms. The van der Waals surface area contributed by atoms with Crippen LogP contribution >= 0.6 is 11.6 Å². The van der Waals surface area contributed by atoms with E-state index in [0.717, 1.165) is 28.1 Å². The molecule has 2 heterocycles. The molecule has 0 saturated heterocycles. The molecular formula is C26H24ClN3O4. The molecule has 0 spiro atoms. The summed E-state index contributed by atoms with van der Waals surface area (Å²) in [6, 6.07) is 13.4. The Morgan fingerprint density at radius 2 is 1.88 bits per heavy atom. The molecule has 0 unspecified atom stereocenters. The number of ether oxygens (including phenoxy) is 3. The monoisotopic (exact) mass is 477 g/mol. The van der Waals surface area contributed by atoms with Crippen molar-refractivity contribution >= 4 is 23.0 Å². The number of nitrogens with zero attached hydrogens (tertiary/aromatic N) is 3. The Morgan fingerprint density at radius 3 is 2.62 bits per heavy atom. The Hall–Kier alpha value is -3.42. The summed E-state index contributed by atoms with van der Waals surface area (Å²) in [6.45, 7) is 0.313. The standard InChI is InChI=1S/C26H24ClN3O4/c1-32-14-20-25(16-5-4-6-18(27)9-16)26-28-13-19-21(30(26)29-20)10-17(11-22(19)31)15-7-8-23(33-2)24(12-15)34-3/h4-9,12-13,17H,10-11,14H2,1-3H3/t17-/m1/s1. The molecule has 2 aromatic heterocycles. The topological polar surface area (TPSA) is 75.0 Å². The number of halogens is 1. The van der Waals surface area contributed by atoms with Gasteiger partial charge in [-0.25, -0.2) is 9.50 Å². The molecular weight excluding hydrogens is 454 g/mol. The van der Waals surface area contributed by atoms with E-state index in [1.165, 1.54) is 0 Å². The Labute approximate surface area is 202 Å². The largest absolute Gasteiger partial charge is 0.493 e. The fourth-order valence-corrected chi connectivity index (χ4v) is 4.85. The molecule has 1 aliphatic rings. The zero-order valence-corrected chi connectivity index (χ0v) is 19.9. The minimum absolute atomic E-state index is 0.0184. The first kappa shape index (κ1) is 22.4. The van der Waals surface area contributed by atoms with E-state index in [0.29, 0.717) is 47.2 Å². The Bertz CT molecular complexity index is 1400. The van der Waals surface area contributed by atoms with Crippen LogP contribution in [0.3, 0.4) is 0 Å². The van der Waals surface area contributed by atoms with Gasteiger partial charge in [0.25, 0.3) is 0 Å². The van der Waals surface area contributed by atoms with Gasteiger partial charge >= 0.3 is 0 Å². The highest BCUT2D eigenvalue weighted by Gasteiger charge is 2.31. The number of rotatable bonds is 6. The van der Waals surface area contributed by atoms with E-state index in [-0.39, 0.29) is 11.7 Å². The molecule has 0 amide bonds. The van der Waals surface area contributed by atoms with Crippen molar-refractivity contribution in [1.82, 2.24) is 14.6 Å². The molecule has 1 aliphatic carbocycles. The summed E-state index contributed by atoms with van der Waals surface area (Å²) >= 11 is 6.27. The Morgan fingerprint density at radius 1 is 1.06 bits per heavy atom. The molecule has 0 bridgehead atoms. The summed E-state index contributed by atoms with van der Waals surface area (Å²) in [5.74, 6) is 1.32. The molecule has 2 aromatic carbocycles. The molecule has 4 aromatic rings. The SMILES string of the molecule is COCc1nn2c3c(cnc2c1-c1cccc(Cl)c1)C(=O)C[C@H](c1ccc(OC)c(OC)c1)C3. The second kappa shape index (κ2) is 9.08. The number of methoxy groups -OCH3 is 3. The first-order chi connectivity index (χ1) is 16.5. The lowest BCUT2D eigenvalue weighted by Gasteiger charge is -2.24. The van der Waals surface area contributed by atoms with Crippen molar-refractivity contribution in [2.24, 2.45) is 0 Å². The second-order valence-corrected chi connectivity index (χ2v) is 8.70. The van der Waals surface area contributed by atoms with Gasteiger partial charge in [-0.1, -0.05) is 29.8 Å². The number of fused-ring (bicyclic) bond motifs is 3. The van der Waals surface area contributed by atoms with E-state index in [9.17, 15) is 4.79 Å².